The molecule has 208 valence electrons. The van der Waals surface area contributed by atoms with Gasteiger partial charge in [-0.25, -0.2) is 13.7 Å². The standard InChI is InChI=1S/C16H35N2O11P3S3/c1-24-30(21,33)27-10-6-4-8-15(19)17-12-14(29-32(23,35)26-3)13-18-16(20)9-5-7-11-28-31(22,34)25-2/h14H,4-13H2,1-3H3,(H,17,19)(H,18,20)(H,21,33)(H,22,34)(H,23,35). The smallest absolute Gasteiger partial charge is 0.353 e. The molecule has 2 amide bonds. The van der Waals surface area contributed by atoms with Crippen LogP contribution in [0.3, 0.4) is 0 Å². The lowest BCUT2D eigenvalue weighted by atomic mass is 10.2. The summed E-state index contributed by atoms with van der Waals surface area (Å²) in [5.74, 6) is -0.621. The second-order valence-electron chi connectivity index (χ2n) is 6.87. The van der Waals surface area contributed by atoms with Gasteiger partial charge >= 0.3 is 20.4 Å². The van der Waals surface area contributed by atoms with Crippen LogP contribution >= 0.6 is 57.1 Å². The van der Waals surface area contributed by atoms with Crippen LogP contribution in [0.1, 0.15) is 38.5 Å². The molecule has 3 unspecified atom stereocenters. The lowest BCUT2D eigenvalue weighted by Crippen LogP contribution is -2.41. The summed E-state index contributed by atoms with van der Waals surface area (Å²) >= 11 is 11.3. The highest BCUT2D eigenvalue weighted by atomic mass is 32.7. The van der Waals surface area contributed by atoms with Gasteiger partial charge in [0.1, 0.15) is 6.10 Å². The predicted octanol–water partition coefficient (Wildman–Crippen LogP) is 4.03. The minimum absolute atomic E-state index is 0.0544. The van der Waals surface area contributed by atoms with E-state index in [0.717, 1.165) is 7.11 Å². The fourth-order valence-electron chi connectivity index (χ4n) is 2.25. The van der Waals surface area contributed by atoms with Crippen molar-refractivity contribution >= 4 is 69.0 Å². The molecule has 0 aromatic heterocycles. The van der Waals surface area contributed by atoms with Crippen molar-refractivity contribution < 1.29 is 50.4 Å². The van der Waals surface area contributed by atoms with Crippen LogP contribution in [0.15, 0.2) is 0 Å². The van der Waals surface area contributed by atoms with Crippen molar-refractivity contribution in [1.29, 1.82) is 0 Å². The van der Waals surface area contributed by atoms with Gasteiger partial charge in [0.2, 0.25) is 11.8 Å². The maximum atomic E-state index is 12.1. The third-order valence-electron chi connectivity index (χ3n) is 4.13. The number of carbonyl (C=O) groups is 2. The Balaban J connectivity index is 4.39. The Morgan fingerprint density at radius 1 is 0.686 bits per heavy atom. The van der Waals surface area contributed by atoms with Crippen LogP contribution in [0, 0.1) is 0 Å². The van der Waals surface area contributed by atoms with Crippen molar-refractivity contribution in [2.75, 3.05) is 47.6 Å². The summed E-state index contributed by atoms with van der Waals surface area (Å²) in [6.07, 6.45) is 1.24. The lowest BCUT2D eigenvalue weighted by Gasteiger charge is -2.21. The molecule has 0 heterocycles. The highest BCUT2D eigenvalue weighted by Crippen LogP contribution is 2.53. The largest absolute Gasteiger partial charge is 0.386 e. The molecule has 0 radical (unpaired) electrons. The summed E-state index contributed by atoms with van der Waals surface area (Å²) in [5, 5.41) is 5.26. The number of hydrogen-bond acceptors (Lipinski definition) is 11. The molecular weight excluding hydrogens is 585 g/mol. The molecule has 0 saturated heterocycles. The van der Waals surface area contributed by atoms with Crippen LogP contribution in [0.4, 0.5) is 0 Å². The van der Waals surface area contributed by atoms with E-state index in [9.17, 15) is 23.3 Å². The molecule has 0 rings (SSSR count). The van der Waals surface area contributed by atoms with Crippen molar-refractivity contribution in [3.8, 4) is 0 Å². The molecule has 0 aliphatic heterocycles. The van der Waals surface area contributed by atoms with E-state index in [1.807, 2.05) is 0 Å². The average Bonchev–Trinajstić information content (AvgIpc) is 2.80. The van der Waals surface area contributed by atoms with Gasteiger partial charge in [0, 0.05) is 47.3 Å². The van der Waals surface area contributed by atoms with Crippen molar-refractivity contribution in [2.24, 2.45) is 0 Å². The van der Waals surface area contributed by atoms with E-state index in [1.54, 1.807) is 0 Å². The van der Waals surface area contributed by atoms with Crippen molar-refractivity contribution in [3.63, 3.8) is 0 Å². The normalized spacial score (nSPS) is 17.5. The van der Waals surface area contributed by atoms with E-state index in [0.29, 0.717) is 25.7 Å². The van der Waals surface area contributed by atoms with Gasteiger partial charge < -0.3 is 33.3 Å². The van der Waals surface area contributed by atoms with E-state index in [1.165, 1.54) is 14.2 Å². The third kappa shape index (κ3) is 20.1. The minimum Gasteiger partial charge on any atom is -0.353 e. The van der Waals surface area contributed by atoms with Crippen LogP contribution in [-0.4, -0.2) is 65.6 Å². The van der Waals surface area contributed by atoms with E-state index in [2.05, 4.69) is 56.4 Å². The molecule has 19 heteroatoms. The first-order valence-corrected chi connectivity index (χ1v) is 18.5. The van der Waals surface area contributed by atoms with Gasteiger partial charge in [-0.05, 0) is 25.7 Å². The molecule has 0 aliphatic carbocycles. The fourth-order valence-corrected chi connectivity index (χ4v) is 4.68. The molecule has 0 fully saturated rings. The van der Waals surface area contributed by atoms with Crippen molar-refractivity contribution in [3.05, 3.63) is 0 Å². The van der Waals surface area contributed by atoms with Crippen LogP contribution in [-0.2, 0) is 50.4 Å². The zero-order valence-electron chi connectivity index (χ0n) is 19.8. The van der Waals surface area contributed by atoms with Gasteiger partial charge in [-0.15, -0.1) is 0 Å². The number of nitrogens with one attached hydrogen (secondary N) is 2. The van der Waals surface area contributed by atoms with Crippen molar-refractivity contribution in [1.82, 2.24) is 10.6 Å². The molecule has 35 heavy (non-hydrogen) atoms. The topological polar surface area (TPSA) is 165 Å². The molecule has 2 N–H and O–H groups in total. The van der Waals surface area contributed by atoms with E-state index >= 15 is 0 Å². The Bertz CT molecular complexity index is 743. The van der Waals surface area contributed by atoms with Crippen LogP contribution < -0.4 is 10.6 Å². The van der Waals surface area contributed by atoms with E-state index in [4.69, 9.17) is 18.1 Å². The Morgan fingerprint density at radius 2 is 1.06 bits per heavy atom. The number of amides is 2. The third-order valence-corrected chi connectivity index (χ3v) is 9.55. The Kier molecular flexibility index (Phi) is 18.9. The molecule has 0 spiro atoms. The molecule has 0 saturated carbocycles. The zero-order chi connectivity index (χ0) is 27.0. The highest BCUT2D eigenvalue weighted by molar-refractivity contribution is 8.45. The summed E-state index contributed by atoms with van der Waals surface area (Å²) in [5.41, 5.74) is 0. The Labute approximate surface area is 221 Å². The molecule has 13 nitrogen and oxygen atoms in total. The number of rotatable bonds is 21. The Hall–Kier alpha value is 0.440. The number of unbranched alkanes of at least 4 members (excludes halogenated alkanes) is 2. The molecule has 0 bridgehead atoms. The maximum absolute atomic E-state index is 12.1. The first kappa shape index (κ1) is 35.4. The average molecular weight is 621 g/mol. The highest BCUT2D eigenvalue weighted by Gasteiger charge is 2.24. The SMILES string of the molecule is COP(=O)(S)OCCCCC(=O)NCC(CNC(=O)CCCCOP(=O)(S)OC)OP(=O)(S)OC. The van der Waals surface area contributed by atoms with Gasteiger partial charge in [0.15, 0.2) is 0 Å². The first-order valence-electron chi connectivity index (χ1n) is 10.4. The molecule has 3 atom stereocenters. The summed E-state index contributed by atoms with van der Waals surface area (Å²) in [6.45, 7) is -10.3. The summed E-state index contributed by atoms with van der Waals surface area (Å²) in [4.78, 5) is 24.2. The summed E-state index contributed by atoms with van der Waals surface area (Å²) < 4.78 is 64.1. The second kappa shape index (κ2) is 18.7. The first-order chi connectivity index (χ1) is 16.3. The maximum Gasteiger partial charge on any atom is 0.386 e. The number of thiol groups is 3. The Morgan fingerprint density at radius 3 is 1.40 bits per heavy atom. The molecular formula is C16H35N2O11P3S3. The van der Waals surface area contributed by atoms with E-state index in [-0.39, 0.29) is 51.0 Å². The van der Waals surface area contributed by atoms with E-state index < -0.39 is 26.5 Å². The summed E-state index contributed by atoms with van der Waals surface area (Å²) in [7, 11) is 3.60. The lowest BCUT2D eigenvalue weighted by molar-refractivity contribution is -0.121. The van der Waals surface area contributed by atoms with Crippen molar-refractivity contribution in [2.45, 2.75) is 44.6 Å². The number of carbonyl (C=O) groups excluding carboxylic acids is 2. The number of hydrogen-bond donors (Lipinski definition) is 5. The van der Waals surface area contributed by atoms with Gasteiger partial charge in [-0.1, -0.05) is 36.7 Å². The molecule has 0 aromatic carbocycles. The quantitative estimate of drug-likeness (QED) is 0.0715. The summed E-state index contributed by atoms with van der Waals surface area (Å²) in [6, 6.07) is 0. The van der Waals surface area contributed by atoms with Gasteiger partial charge in [-0.2, -0.15) is 0 Å². The monoisotopic (exact) mass is 620 g/mol. The second-order valence-corrected chi connectivity index (χ2v) is 15.9. The van der Waals surface area contributed by atoms with Crippen LogP contribution in [0.25, 0.3) is 0 Å². The van der Waals surface area contributed by atoms with Gasteiger partial charge in [0.25, 0.3) is 0 Å². The zero-order valence-corrected chi connectivity index (χ0v) is 25.2. The molecule has 0 aliphatic rings. The van der Waals surface area contributed by atoms with Gasteiger partial charge in [0.05, 0.1) is 13.2 Å². The minimum atomic E-state index is -3.68. The van der Waals surface area contributed by atoms with Crippen LogP contribution in [0.5, 0.6) is 0 Å². The molecule has 0 aromatic rings. The van der Waals surface area contributed by atoms with Crippen LogP contribution in [0.2, 0.25) is 0 Å². The fraction of sp³-hybridized carbons (Fsp3) is 0.875. The predicted molar refractivity (Wildman–Crippen MR) is 141 cm³/mol. The van der Waals surface area contributed by atoms with Gasteiger partial charge in [-0.3, -0.25) is 14.1 Å².